The van der Waals surface area contributed by atoms with Gasteiger partial charge in [-0.25, -0.2) is 0 Å². The molecule has 27 heavy (non-hydrogen) atoms. The summed E-state index contributed by atoms with van der Waals surface area (Å²) < 4.78 is 11.7. The first kappa shape index (κ1) is 16.8. The molecular formula is C22H24N2O3. The Morgan fingerprint density at radius 1 is 1.19 bits per heavy atom. The zero-order chi connectivity index (χ0) is 18.4. The molecule has 0 aliphatic carbocycles. The molecule has 0 saturated carbocycles. The van der Waals surface area contributed by atoms with Gasteiger partial charge in [-0.1, -0.05) is 42.5 Å². The second kappa shape index (κ2) is 6.36. The molecule has 2 aromatic rings. The van der Waals surface area contributed by atoms with Crippen LogP contribution in [0.3, 0.4) is 0 Å². The van der Waals surface area contributed by atoms with Crippen LogP contribution < -0.4 is 4.74 Å². The minimum atomic E-state index is -0.462. The number of carbonyl (C=O) groups is 1. The van der Waals surface area contributed by atoms with Gasteiger partial charge < -0.3 is 14.4 Å². The lowest BCUT2D eigenvalue weighted by Crippen LogP contribution is -2.48. The van der Waals surface area contributed by atoms with Crippen LogP contribution in [0.4, 0.5) is 0 Å². The van der Waals surface area contributed by atoms with Crippen LogP contribution in [0.1, 0.15) is 30.0 Å². The van der Waals surface area contributed by atoms with Gasteiger partial charge in [0.1, 0.15) is 5.75 Å². The average molecular weight is 364 g/mol. The van der Waals surface area contributed by atoms with Gasteiger partial charge in [-0.15, -0.1) is 0 Å². The van der Waals surface area contributed by atoms with E-state index < -0.39 is 5.72 Å². The molecule has 3 fully saturated rings. The van der Waals surface area contributed by atoms with Crippen LogP contribution >= 0.6 is 0 Å². The van der Waals surface area contributed by atoms with Crippen LogP contribution in [0, 0.1) is 0 Å². The number of carbonyl (C=O) groups excluding carboxylic acids is 1. The molecular weight excluding hydrogens is 340 g/mol. The topological polar surface area (TPSA) is 42.0 Å². The Morgan fingerprint density at radius 2 is 2.04 bits per heavy atom. The van der Waals surface area contributed by atoms with Gasteiger partial charge in [0.15, 0.2) is 5.72 Å². The van der Waals surface area contributed by atoms with Crippen molar-refractivity contribution in [1.29, 1.82) is 0 Å². The van der Waals surface area contributed by atoms with Gasteiger partial charge in [0.05, 0.1) is 25.8 Å². The molecule has 0 aromatic heterocycles. The second-order valence-electron chi connectivity index (χ2n) is 7.64. The van der Waals surface area contributed by atoms with Crippen LogP contribution in [0.25, 0.3) is 0 Å². The molecule has 0 bridgehead atoms. The Balaban J connectivity index is 1.40. The lowest BCUT2D eigenvalue weighted by Gasteiger charge is -2.33. The first-order valence-corrected chi connectivity index (χ1v) is 9.59. The molecule has 2 aromatic carbocycles. The molecule has 0 N–H and O–H groups in total. The average Bonchev–Trinajstić information content (AvgIpc) is 3.33. The number of amides is 1. The number of hydrogen-bond donors (Lipinski definition) is 0. The third kappa shape index (κ3) is 2.57. The highest BCUT2D eigenvalue weighted by Crippen LogP contribution is 2.51. The number of ether oxygens (including phenoxy) is 2. The maximum atomic E-state index is 12.9. The molecule has 3 heterocycles. The van der Waals surface area contributed by atoms with E-state index >= 15 is 0 Å². The van der Waals surface area contributed by atoms with Crippen molar-refractivity contribution >= 4 is 5.91 Å². The number of methoxy groups -OCH3 is 1. The smallest absolute Gasteiger partial charge is 0.227 e. The molecule has 5 heteroatoms. The number of rotatable bonds is 4. The van der Waals surface area contributed by atoms with E-state index in [2.05, 4.69) is 29.2 Å². The van der Waals surface area contributed by atoms with Gasteiger partial charge in [0, 0.05) is 25.9 Å². The van der Waals surface area contributed by atoms with Gasteiger partial charge in [-0.05, 0) is 23.3 Å². The number of hydrogen-bond acceptors (Lipinski definition) is 4. The number of likely N-dealkylation sites (tertiary alicyclic amines) is 1. The summed E-state index contributed by atoms with van der Waals surface area (Å²) in [6, 6.07) is 18.6. The molecule has 5 rings (SSSR count). The van der Waals surface area contributed by atoms with Crippen molar-refractivity contribution in [3.63, 3.8) is 0 Å². The first-order chi connectivity index (χ1) is 13.2. The molecule has 1 amide bonds. The Hall–Kier alpha value is -2.37. The van der Waals surface area contributed by atoms with E-state index in [-0.39, 0.29) is 18.0 Å². The standard InChI is InChI=1S/C22H24N2O3/c1-26-18-9-5-6-16(12-18)14-23-11-10-22-20(23)13-21(25)24(22)19(15-27-22)17-7-3-2-4-8-17/h2-9,12,19-20H,10-11,13-15H2,1H3/t19-,20+,22-/m0/s1. The molecule has 3 atom stereocenters. The monoisotopic (exact) mass is 364 g/mol. The highest BCUT2D eigenvalue weighted by Gasteiger charge is 2.64. The van der Waals surface area contributed by atoms with E-state index in [1.807, 2.05) is 35.2 Å². The lowest BCUT2D eigenvalue weighted by molar-refractivity contribution is -0.138. The minimum absolute atomic E-state index is 0.0282. The largest absolute Gasteiger partial charge is 0.497 e. The fraction of sp³-hybridized carbons (Fsp3) is 0.409. The fourth-order valence-corrected chi connectivity index (χ4v) is 5.04. The molecule has 3 aliphatic rings. The van der Waals surface area contributed by atoms with Crippen molar-refractivity contribution < 1.29 is 14.3 Å². The van der Waals surface area contributed by atoms with E-state index in [0.29, 0.717) is 13.0 Å². The zero-order valence-corrected chi connectivity index (χ0v) is 15.5. The maximum absolute atomic E-state index is 12.9. The van der Waals surface area contributed by atoms with Crippen LogP contribution in [-0.2, 0) is 16.1 Å². The second-order valence-corrected chi connectivity index (χ2v) is 7.64. The molecule has 0 radical (unpaired) electrons. The minimum Gasteiger partial charge on any atom is -0.497 e. The Kier molecular flexibility index (Phi) is 3.95. The van der Waals surface area contributed by atoms with Crippen molar-refractivity contribution in [2.24, 2.45) is 0 Å². The quantitative estimate of drug-likeness (QED) is 0.837. The third-order valence-corrected chi connectivity index (χ3v) is 6.27. The summed E-state index contributed by atoms with van der Waals surface area (Å²) in [4.78, 5) is 17.4. The van der Waals surface area contributed by atoms with E-state index in [1.165, 1.54) is 5.56 Å². The number of nitrogens with zero attached hydrogens (tertiary/aromatic N) is 2. The lowest BCUT2D eigenvalue weighted by atomic mass is 10.0. The highest BCUT2D eigenvalue weighted by atomic mass is 16.5. The Labute approximate surface area is 159 Å². The van der Waals surface area contributed by atoms with Crippen molar-refractivity contribution in [3.05, 3.63) is 65.7 Å². The maximum Gasteiger partial charge on any atom is 0.227 e. The summed E-state index contributed by atoms with van der Waals surface area (Å²) in [5.74, 6) is 1.08. The Bertz CT molecular complexity index is 856. The molecule has 0 unspecified atom stereocenters. The van der Waals surface area contributed by atoms with E-state index in [9.17, 15) is 4.79 Å². The fourth-order valence-electron chi connectivity index (χ4n) is 5.04. The molecule has 3 aliphatic heterocycles. The van der Waals surface area contributed by atoms with Gasteiger partial charge in [-0.2, -0.15) is 0 Å². The summed E-state index contributed by atoms with van der Waals surface area (Å²) in [7, 11) is 1.69. The van der Waals surface area contributed by atoms with Gasteiger partial charge in [0.2, 0.25) is 5.91 Å². The van der Waals surface area contributed by atoms with E-state index in [4.69, 9.17) is 9.47 Å². The van der Waals surface area contributed by atoms with Crippen molar-refractivity contribution in [2.45, 2.75) is 37.2 Å². The summed E-state index contributed by atoms with van der Waals surface area (Å²) in [6.45, 7) is 2.33. The van der Waals surface area contributed by atoms with Crippen molar-refractivity contribution in [2.75, 3.05) is 20.3 Å². The molecule has 1 spiro atoms. The van der Waals surface area contributed by atoms with Crippen LogP contribution in [0.5, 0.6) is 5.75 Å². The van der Waals surface area contributed by atoms with E-state index in [0.717, 1.165) is 30.8 Å². The van der Waals surface area contributed by atoms with Crippen molar-refractivity contribution in [3.8, 4) is 5.75 Å². The summed E-state index contributed by atoms with van der Waals surface area (Å²) in [5, 5.41) is 0. The zero-order valence-electron chi connectivity index (χ0n) is 15.5. The summed E-state index contributed by atoms with van der Waals surface area (Å²) >= 11 is 0. The summed E-state index contributed by atoms with van der Waals surface area (Å²) in [5.41, 5.74) is 1.90. The highest BCUT2D eigenvalue weighted by molar-refractivity contribution is 5.82. The first-order valence-electron chi connectivity index (χ1n) is 9.59. The van der Waals surface area contributed by atoms with E-state index in [1.54, 1.807) is 7.11 Å². The molecule has 5 nitrogen and oxygen atoms in total. The normalized spacial score (nSPS) is 29.8. The third-order valence-electron chi connectivity index (χ3n) is 6.27. The SMILES string of the molecule is COc1cccc(CN2CC[C@@]34OC[C@@H](c5ccccc5)N3C(=O)C[C@@H]24)c1. The Morgan fingerprint density at radius 3 is 2.85 bits per heavy atom. The van der Waals surface area contributed by atoms with Gasteiger partial charge >= 0.3 is 0 Å². The van der Waals surface area contributed by atoms with Crippen LogP contribution in [0.15, 0.2) is 54.6 Å². The van der Waals surface area contributed by atoms with Crippen LogP contribution in [0.2, 0.25) is 0 Å². The van der Waals surface area contributed by atoms with Gasteiger partial charge in [-0.3, -0.25) is 9.69 Å². The predicted octanol–water partition coefficient (Wildman–Crippen LogP) is 2.97. The number of benzene rings is 2. The summed E-state index contributed by atoms with van der Waals surface area (Å²) in [6.07, 6.45) is 1.41. The van der Waals surface area contributed by atoms with Crippen molar-refractivity contribution in [1.82, 2.24) is 9.80 Å². The van der Waals surface area contributed by atoms with Crippen LogP contribution in [-0.4, -0.2) is 47.7 Å². The molecule has 140 valence electrons. The predicted molar refractivity (Wildman–Crippen MR) is 101 cm³/mol. The molecule has 3 saturated heterocycles. The van der Waals surface area contributed by atoms with Gasteiger partial charge in [0.25, 0.3) is 0 Å².